The molecule has 0 bridgehead atoms. The van der Waals surface area contributed by atoms with Gasteiger partial charge in [-0.2, -0.15) is 0 Å². The first-order valence-electron chi connectivity index (χ1n) is 14.2. The van der Waals surface area contributed by atoms with E-state index in [0.717, 1.165) is 22.3 Å². The van der Waals surface area contributed by atoms with Crippen LogP contribution in [0.3, 0.4) is 0 Å². The Kier molecular flexibility index (Phi) is 8.83. The molecule has 4 aromatic rings. The number of rotatable bonds is 12. The third-order valence-corrected chi connectivity index (χ3v) is 7.70. The first-order valence-corrected chi connectivity index (χ1v) is 14.2. The number of hydrogen-bond acceptors (Lipinski definition) is 5. The molecule has 210 valence electrons. The van der Waals surface area contributed by atoms with Crippen LogP contribution >= 0.6 is 0 Å². The molecule has 0 unspecified atom stereocenters. The van der Waals surface area contributed by atoms with Gasteiger partial charge in [0.1, 0.15) is 30.5 Å². The number of carbonyl (C=O) groups excluding carboxylic acids is 1. The molecule has 2 aliphatic heterocycles. The normalized spacial score (nSPS) is 23.6. The molecule has 0 spiro atoms. The SMILES string of the molecule is O=C1[C@@H]2[C@@H](OCc3ccccc3)[C@@H](OCc3ccccc3)[C@@H](COCc3ccccc3)O[C@@H]2N1Cc1ccccc1. The zero-order chi connectivity index (χ0) is 27.9. The molecule has 0 N–H and O–H groups in total. The van der Waals surface area contributed by atoms with Gasteiger partial charge in [0.05, 0.1) is 26.4 Å². The van der Waals surface area contributed by atoms with E-state index in [2.05, 4.69) is 0 Å². The quantitative estimate of drug-likeness (QED) is 0.211. The maximum atomic E-state index is 13.6. The van der Waals surface area contributed by atoms with Gasteiger partial charge < -0.3 is 23.8 Å². The van der Waals surface area contributed by atoms with Gasteiger partial charge in [-0.05, 0) is 22.3 Å². The molecular formula is C35H35NO5. The summed E-state index contributed by atoms with van der Waals surface area (Å²) in [4.78, 5) is 15.4. The number of benzene rings is 4. The third-order valence-electron chi connectivity index (χ3n) is 7.70. The van der Waals surface area contributed by atoms with Crippen LogP contribution in [0.2, 0.25) is 0 Å². The number of fused-ring (bicyclic) bond motifs is 1. The highest BCUT2D eigenvalue weighted by atomic mass is 16.6. The van der Waals surface area contributed by atoms with E-state index >= 15 is 0 Å². The van der Waals surface area contributed by atoms with Gasteiger partial charge in [-0.1, -0.05) is 121 Å². The van der Waals surface area contributed by atoms with Crippen LogP contribution in [0.1, 0.15) is 22.3 Å². The molecule has 0 aliphatic carbocycles. The predicted octanol–water partition coefficient (Wildman–Crippen LogP) is 5.76. The van der Waals surface area contributed by atoms with Crippen molar-refractivity contribution in [2.45, 2.75) is 50.9 Å². The summed E-state index contributed by atoms with van der Waals surface area (Å²) in [6.45, 7) is 2.02. The molecular weight excluding hydrogens is 514 g/mol. The summed E-state index contributed by atoms with van der Waals surface area (Å²) in [6.07, 6.45) is -1.80. The van der Waals surface area contributed by atoms with Crippen molar-refractivity contribution in [3.8, 4) is 0 Å². The van der Waals surface area contributed by atoms with Gasteiger partial charge in [0.15, 0.2) is 0 Å². The fourth-order valence-corrected chi connectivity index (χ4v) is 5.57. The first-order chi connectivity index (χ1) is 20.3. The van der Waals surface area contributed by atoms with E-state index in [0.29, 0.717) is 33.0 Å². The number of likely N-dealkylation sites (tertiary alicyclic amines) is 1. The Morgan fingerprint density at radius 3 is 1.59 bits per heavy atom. The maximum absolute atomic E-state index is 13.6. The topological polar surface area (TPSA) is 57.2 Å². The molecule has 0 radical (unpaired) electrons. The van der Waals surface area contributed by atoms with Crippen molar-refractivity contribution in [2.75, 3.05) is 6.61 Å². The number of amides is 1. The van der Waals surface area contributed by atoms with Crippen LogP contribution in [0.5, 0.6) is 0 Å². The van der Waals surface area contributed by atoms with Gasteiger partial charge in [0, 0.05) is 6.54 Å². The first kappa shape index (κ1) is 27.4. The van der Waals surface area contributed by atoms with E-state index in [1.165, 1.54) is 0 Å². The Hall–Kier alpha value is -3.81. The van der Waals surface area contributed by atoms with Gasteiger partial charge in [0.2, 0.25) is 5.91 Å². The lowest BCUT2D eigenvalue weighted by molar-refractivity contribution is -0.298. The average Bonchev–Trinajstić information content (AvgIpc) is 3.03. The highest BCUT2D eigenvalue weighted by Gasteiger charge is 2.60. The fraction of sp³-hybridized carbons (Fsp3) is 0.286. The molecule has 2 heterocycles. The van der Waals surface area contributed by atoms with Crippen LogP contribution in [-0.4, -0.2) is 42.0 Å². The van der Waals surface area contributed by atoms with Crippen LogP contribution in [-0.2, 0) is 50.1 Å². The Balaban J connectivity index is 1.24. The number of β-lactam (4-membered cyclic amide) rings is 1. The number of hydrogen-bond donors (Lipinski definition) is 0. The van der Waals surface area contributed by atoms with Crippen molar-refractivity contribution in [1.29, 1.82) is 0 Å². The zero-order valence-electron chi connectivity index (χ0n) is 23.0. The highest BCUT2D eigenvalue weighted by Crippen LogP contribution is 2.42. The summed E-state index contributed by atoms with van der Waals surface area (Å²) in [5, 5.41) is 0. The summed E-state index contributed by atoms with van der Waals surface area (Å²) in [5.41, 5.74) is 4.24. The molecule has 4 aromatic carbocycles. The average molecular weight is 550 g/mol. The Labute approximate surface area is 241 Å². The molecule has 2 aliphatic rings. The van der Waals surface area contributed by atoms with E-state index in [9.17, 15) is 4.79 Å². The van der Waals surface area contributed by atoms with Crippen molar-refractivity contribution in [1.82, 2.24) is 4.90 Å². The third kappa shape index (κ3) is 6.58. The second-order valence-electron chi connectivity index (χ2n) is 10.6. The lowest BCUT2D eigenvalue weighted by Crippen LogP contribution is -2.73. The van der Waals surface area contributed by atoms with Crippen molar-refractivity contribution >= 4 is 5.91 Å². The molecule has 41 heavy (non-hydrogen) atoms. The monoisotopic (exact) mass is 549 g/mol. The number of ether oxygens (including phenoxy) is 4. The van der Waals surface area contributed by atoms with Gasteiger partial charge in [-0.15, -0.1) is 0 Å². The van der Waals surface area contributed by atoms with Crippen molar-refractivity contribution in [3.63, 3.8) is 0 Å². The lowest BCUT2D eigenvalue weighted by atomic mass is 9.81. The summed E-state index contributed by atoms with van der Waals surface area (Å²) >= 11 is 0. The van der Waals surface area contributed by atoms with Crippen LogP contribution < -0.4 is 0 Å². The van der Waals surface area contributed by atoms with Gasteiger partial charge >= 0.3 is 0 Å². The highest BCUT2D eigenvalue weighted by molar-refractivity contribution is 5.86. The molecule has 6 rings (SSSR count). The largest absolute Gasteiger partial charge is 0.374 e. The van der Waals surface area contributed by atoms with Gasteiger partial charge in [-0.3, -0.25) is 4.79 Å². The van der Waals surface area contributed by atoms with Crippen LogP contribution in [0.4, 0.5) is 0 Å². The summed E-state index contributed by atoms with van der Waals surface area (Å²) in [6, 6.07) is 40.1. The smallest absolute Gasteiger partial charge is 0.235 e. The molecule has 2 fully saturated rings. The van der Waals surface area contributed by atoms with Crippen molar-refractivity contribution < 1.29 is 23.7 Å². The van der Waals surface area contributed by atoms with Crippen LogP contribution in [0, 0.1) is 5.92 Å². The van der Waals surface area contributed by atoms with Crippen LogP contribution in [0.15, 0.2) is 121 Å². The maximum Gasteiger partial charge on any atom is 0.235 e. The minimum Gasteiger partial charge on any atom is -0.374 e. The van der Waals surface area contributed by atoms with E-state index < -0.39 is 30.5 Å². The standard InChI is InChI=1S/C35H35NO5/c37-34-31-33(40-24-29-19-11-4-12-20-29)32(39-23-28-17-9-3-10-18-28)30(25-38-22-27-15-7-2-8-16-27)41-35(31)36(34)21-26-13-5-1-6-14-26/h1-20,30-33,35H,21-25H2/t30-,31+,32+,33-,35+/m1/s1. The molecule has 2 saturated heterocycles. The van der Waals surface area contributed by atoms with Crippen molar-refractivity contribution in [2.24, 2.45) is 5.92 Å². The minimum absolute atomic E-state index is 0.0221. The minimum atomic E-state index is -0.487. The van der Waals surface area contributed by atoms with Crippen molar-refractivity contribution in [3.05, 3.63) is 144 Å². The second kappa shape index (κ2) is 13.2. The molecule has 6 nitrogen and oxygen atoms in total. The molecule has 1 amide bonds. The predicted molar refractivity (Wildman–Crippen MR) is 155 cm³/mol. The molecule has 0 aromatic heterocycles. The van der Waals surface area contributed by atoms with Gasteiger partial charge in [-0.25, -0.2) is 0 Å². The summed E-state index contributed by atoms with van der Waals surface area (Å²) < 4.78 is 25.9. The number of nitrogens with zero attached hydrogens (tertiary/aromatic N) is 1. The molecule has 5 atom stereocenters. The Bertz CT molecular complexity index is 1370. The van der Waals surface area contributed by atoms with Crippen LogP contribution in [0.25, 0.3) is 0 Å². The molecule has 6 heteroatoms. The van der Waals surface area contributed by atoms with E-state index in [-0.39, 0.29) is 5.91 Å². The Morgan fingerprint density at radius 1 is 0.585 bits per heavy atom. The lowest BCUT2D eigenvalue weighted by Gasteiger charge is -2.56. The van der Waals surface area contributed by atoms with Gasteiger partial charge in [0.25, 0.3) is 0 Å². The van der Waals surface area contributed by atoms with E-state index in [1.807, 2.05) is 121 Å². The fourth-order valence-electron chi connectivity index (χ4n) is 5.57. The number of carbonyl (C=O) groups is 1. The summed E-state index contributed by atoms with van der Waals surface area (Å²) in [7, 11) is 0. The molecule has 0 saturated carbocycles. The zero-order valence-corrected chi connectivity index (χ0v) is 23.0. The van der Waals surface area contributed by atoms with E-state index in [1.54, 1.807) is 4.90 Å². The summed E-state index contributed by atoms with van der Waals surface area (Å²) in [5.74, 6) is -0.428. The Morgan fingerprint density at radius 2 is 1.05 bits per heavy atom. The second-order valence-corrected chi connectivity index (χ2v) is 10.6. The van der Waals surface area contributed by atoms with E-state index in [4.69, 9.17) is 18.9 Å².